The highest BCUT2D eigenvalue weighted by atomic mass is 32.2. The number of aryl methyl sites for hydroxylation is 2. The lowest BCUT2D eigenvalue weighted by Gasteiger charge is -2.30. The van der Waals surface area contributed by atoms with Crippen molar-refractivity contribution in [2.24, 2.45) is 5.92 Å². The molecule has 0 aliphatic carbocycles. The third-order valence-corrected chi connectivity index (χ3v) is 10.1. The molecule has 2 aliphatic rings. The van der Waals surface area contributed by atoms with Crippen LogP contribution in [0, 0.1) is 19.8 Å². The Labute approximate surface area is 245 Å². The maximum atomic E-state index is 14.0. The first kappa shape index (κ1) is 27.0. The molecule has 1 N–H and O–H groups in total. The first-order chi connectivity index (χ1) is 19.7. The Bertz CT molecular complexity index is 1710. The smallest absolute Gasteiger partial charge is 0.308 e. The van der Waals surface area contributed by atoms with Crippen molar-refractivity contribution in [3.05, 3.63) is 104 Å². The summed E-state index contributed by atoms with van der Waals surface area (Å²) in [6, 6.07) is 22.0. The number of amides is 3. The second kappa shape index (κ2) is 10.7. The molecule has 3 aromatic carbocycles. The van der Waals surface area contributed by atoms with Crippen molar-refractivity contribution in [3.63, 3.8) is 0 Å². The molecule has 1 fully saturated rings. The fourth-order valence-electron chi connectivity index (χ4n) is 5.36. The average Bonchev–Trinajstić information content (AvgIpc) is 3.41. The highest BCUT2D eigenvalue weighted by molar-refractivity contribution is 8.00. The molecule has 4 aromatic rings. The summed E-state index contributed by atoms with van der Waals surface area (Å²) in [6.45, 7) is 3.70. The van der Waals surface area contributed by atoms with Gasteiger partial charge < -0.3 is 10.1 Å². The molecule has 3 heterocycles. The lowest BCUT2D eigenvalue weighted by molar-refractivity contribution is -0.122. The fraction of sp³-hybridized carbons (Fsp3) is 0.226. The molecular formula is C31H27N3O5S2. The van der Waals surface area contributed by atoms with Crippen molar-refractivity contribution in [2.45, 2.75) is 36.6 Å². The van der Waals surface area contributed by atoms with E-state index in [2.05, 4.69) is 5.32 Å². The van der Waals surface area contributed by atoms with E-state index in [1.54, 1.807) is 43.5 Å². The number of thiazole rings is 1. The van der Waals surface area contributed by atoms with Crippen LogP contribution in [0.25, 0.3) is 0 Å². The number of rotatable bonds is 6. The molecule has 3 atom stereocenters. The van der Waals surface area contributed by atoms with Crippen LogP contribution >= 0.6 is 23.1 Å². The van der Waals surface area contributed by atoms with Crippen molar-refractivity contribution in [3.8, 4) is 5.75 Å². The van der Waals surface area contributed by atoms with Crippen LogP contribution in [-0.4, -0.2) is 34.6 Å². The first-order valence-electron chi connectivity index (χ1n) is 13.1. The van der Waals surface area contributed by atoms with E-state index in [-0.39, 0.29) is 29.1 Å². The van der Waals surface area contributed by atoms with E-state index in [0.717, 1.165) is 28.0 Å². The molecule has 0 saturated carbocycles. The summed E-state index contributed by atoms with van der Waals surface area (Å²) in [5.41, 5.74) is 4.04. The minimum Gasteiger partial charge on any atom is -0.497 e. The molecule has 3 amide bonds. The van der Waals surface area contributed by atoms with Crippen molar-refractivity contribution in [1.29, 1.82) is 0 Å². The predicted octanol–water partition coefficient (Wildman–Crippen LogP) is 4.97. The van der Waals surface area contributed by atoms with Crippen molar-refractivity contribution < 1.29 is 19.1 Å². The van der Waals surface area contributed by atoms with Gasteiger partial charge in [0.15, 0.2) is 0 Å². The molecular weight excluding hydrogens is 558 g/mol. The van der Waals surface area contributed by atoms with Crippen LogP contribution in [0.1, 0.15) is 27.5 Å². The molecule has 0 bridgehead atoms. The highest BCUT2D eigenvalue weighted by Crippen LogP contribution is 2.54. The summed E-state index contributed by atoms with van der Waals surface area (Å²) in [5.74, 6) is -1.56. The molecule has 1 aromatic heterocycles. The zero-order valence-electron chi connectivity index (χ0n) is 22.6. The van der Waals surface area contributed by atoms with E-state index >= 15 is 0 Å². The number of hydrogen-bond acceptors (Lipinski definition) is 7. The number of methoxy groups -OCH3 is 1. The number of carbonyl (C=O) groups excluding carboxylic acids is 3. The Morgan fingerprint density at radius 2 is 1.51 bits per heavy atom. The number of nitrogens with one attached hydrogen (secondary N) is 1. The monoisotopic (exact) mass is 585 g/mol. The number of hydrogen-bond donors (Lipinski definition) is 1. The largest absolute Gasteiger partial charge is 0.497 e. The fourth-order valence-corrected chi connectivity index (χ4v) is 8.13. The Morgan fingerprint density at radius 1 is 0.878 bits per heavy atom. The van der Waals surface area contributed by atoms with Crippen LogP contribution in [0.5, 0.6) is 5.75 Å². The first-order valence-corrected chi connectivity index (χ1v) is 14.8. The maximum absolute atomic E-state index is 14.0. The van der Waals surface area contributed by atoms with Gasteiger partial charge in [-0.25, -0.2) is 4.90 Å². The highest BCUT2D eigenvalue weighted by Gasteiger charge is 2.56. The number of imide groups is 1. The number of nitrogens with zero attached hydrogens (tertiary/aromatic N) is 2. The molecule has 208 valence electrons. The van der Waals surface area contributed by atoms with Gasteiger partial charge in [-0.15, -0.1) is 0 Å². The number of ether oxygens (including phenoxy) is 1. The average molecular weight is 586 g/mol. The number of thioether (sulfide) groups is 1. The summed E-state index contributed by atoms with van der Waals surface area (Å²) >= 11 is 2.23. The van der Waals surface area contributed by atoms with Crippen LogP contribution < -0.4 is 19.8 Å². The second-order valence-electron chi connectivity index (χ2n) is 10.2. The van der Waals surface area contributed by atoms with Gasteiger partial charge in [0.2, 0.25) is 17.7 Å². The minimum atomic E-state index is -0.746. The SMILES string of the molecule is COc1ccc([C@@H]2c3sc(=O)n(CC(=O)Nc4ccc(C)cc4)c3S[C@H]3C(=O)N(c4ccc(C)cc4)C(=O)[C@@H]23)cc1. The van der Waals surface area contributed by atoms with Crippen LogP contribution in [-0.2, 0) is 20.9 Å². The molecule has 0 spiro atoms. The van der Waals surface area contributed by atoms with Crippen molar-refractivity contribution in [1.82, 2.24) is 4.57 Å². The Hall–Kier alpha value is -4.15. The second-order valence-corrected chi connectivity index (χ2v) is 12.3. The normalized spacial score (nSPS) is 19.6. The predicted molar refractivity (Wildman–Crippen MR) is 160 cm³/mol. The molecule has 8 nitrogen and oxygen atoms in total. The van der Waals surface area contributed by atoms with Gasteiger partial charge >= 0.3 is 4.87 Å². The van der Waals surface area contributed by atoms with Gasteiger partial charge in [-0.1, -0.05) is 70.6 Å². The number of benzene rings is 3. The van der Waals surface area contributed by atoms with Gasteiger partial charge in [-0.3, -0.25) is 23.7 Å². The summed E-state index contributed by atoms with van der Waals surface area (Å²) in [6.07, 6.45) is 0. The molecule has 0 radical (unpaired) electrons. The Morgan fingerprint density at radius 3 is 2.15 bits per heavy atom. The summed E-state index contributed by atoms with van der Waals surface area (Å²) in [5, 5.41) is 2.65. The quantitative estimate of drug-likeness (QED) is 0.321. The minimum absolute atomic E-state index is 0.206. The lowest BCUT2D eigenvalue weighted by Crippen LogP contribution is -2.33. The number of anilines is 2. The lowest BCUT2D eigenvalue weighted by atomic mass is 9.83. The zero-order chi connectivity index (χ0) is 28.8. The summed E-state index contributed by atoms with van der Waals surface area (Å²) in [7, 11) is 1.58. The van der Waals surface area contributed by atoms with Crippen LogP contribution in [0.2, 0.25) is 0 Å². The standard InChI is InChI=1S/C31H27N3O5S2/c1-17-4-10-20(11-5-17)32-23(35)16-33-30-27(41-31(33)38)24(19-8-14-22(39-3)15-9-19)25-26(40-30)29(37)34(28(25)36)21-12-6-18(2)7-13-21/h4-15,24-26H,16H2,1-3H3,(H,32,35)/t24-,25-,26+/m0/s1. The zero-order valence-corrected chi connectivity index (χ0v) is 24.3. The van der Waals surface area contributed by atoms with Crippen molar-refractivity contribution in [2.75, 3.05) is 17.3 Å². The van der Waals surface area contributed by atoms with E-state index in [1.165, 1.54) is 21.2 Å². The van der Waals surface area contributed by atoms with E-state index in [4.69, 9.17) is 4.74 Å². The summed E-state index contributed by atoms with van der Waals surface area (Å²) in [4.78, 5) is 55.8. The number of fused-ring (bicyclic) bond motifs is 2. The van der Waals surface area contributed by atoms with Gasteiger partial charge in [0.05, 0.1) is 23.7 Å². The topological polar surface area (TPSA) is 97.7 Å². The van der Waals surface area contributed by atoms with E-state index in [9.17, 15) is 19.2 Å². The molecule has 0 unspecified atom stereocenters. The Kier molecular flexibility index (Phi) is 7.04. The van der Waals surface area contributed by atoms with E-state index in [1.807, 2.05) is 50.2 Å². The number of carbonyl (C=O) groups is 3. The molecule has 41 heavy (non-hydrogen) atoms. The van der Waals surface area contributed by atoms with Gasteiger partial charge in [-0.2, -0.15) is 0 Å². The third kappa shape index (κ3) is 4.87. The molecule has 10 heteroatoms. The van der Waals surface area contributed by atoms with Gasteiger partial charge in [0.1, 0.15) is 17.5 Å². The summed E-state index contributed by atoms with van der Waals surface area (Å²) < 4.78 is 6.75. The van der Waals surface area contributed by atoms with Gasteiger partial charge in [-0.05, 0) is 55.8 Å². The van der Waals surface area contributed by atoms with Gasteiger partial charge in [0, 0.05) is 16.5 Å². The molecule has 2 aliphatic heterocycles. The Balaban J connectivity index is 1.40. The third-order valence-electron chi connectivity index (χ3n) is 7.45. The van der Waals surface area contributed by atoms with E-state index < -0.39 is 17.1 Å². The maximum Gasteiger partial charge on any atom is 0.308 e. The van der Waals surface area contributed by atoms with Gasteiger partial charge in [0.25, 0.3) is 0 Å². The molecule has 1 saturated heterocycles. The van der Waals surface area contributed by atoms with Crippen LogP contribution in [0.3, 0.4) is 0 Å². The van der Waals surface area contributed by atoms with Crippen LogP contribution in [0.15, 0.2) is 82.6 Å². The van der Waals surface area contributed by atoms with Crippen LogP contribution in [0.4, 0.5) is 11.4 Å². The number of aromatic nitrogens is 1. The molecule has 6 rings (SSSR count). The van der Waals surface area contributed by atoms with E-state index in [0.29, 0.717) is 27.0 Å². The van der Waals surface area contributed by atoms with Crippen molar-refractivity contribution >= 4 is 52.2 Å².